The van der Waals surface area contributed by atoms with Crippen LogP contribution in [0, 0.1) is 0 Å². The smallest absolute Gasteiger partial charge is 0.215 e. The summed E-state index contributed by atoms with van der Waals surface area (Å²) in [6.07, 6.45) is 2.25. The Balaban J connectivity index is 1.83. The van der Waals surface area contributed by atoms with Gasteiger partial charge in [-0.3, -0.25) is 0 Å². The summed E-state index contributed by atoms with van der Waals surface area (Å²) in [6, 6.07) is 2.12. The SMILES string of the molecule is COCc1nc(Cl)cc(Sc2nnnn2C2CC2)n1. The monoisotopic (exact) mass is 298 g/mol. The van der Waals surface area contributed by atoms with E-state index in [1.165, 1.54) is 11.8 Å². The van der Waals surface area contributed by atoms with Crippen molar-refractivity contribution in [2.75, 3.05) is 7.11 Å². The molecule has 1 fully saturated rings. The van der Waals surface area contributed by atoms with E-state index in [2.05, 4.69) is 25.5 Å². The van der Waals surface area contributed by atoms with Crippen molar-refractivity contribution in [3.8, 4) is 0 Å². The third kappa shape index (κ3) is 3.02. The lowest BCUT2D eigenvalue weighted by atomic mass is 10.6. The van der Waals surface area contributed by atoms with Gasteiger partial charge in [0.15, 0.2) is 5.82 Å². The molecule has 0 spiro atoms. The van der Waals surface area contributed by atoms with Gasteiger partial charge in [0, 0.05) is 13.2 Å². The number of methoxy groups -OCH3 is 1. The van der Waals surface area contributed by atoms with Crippen molar-refractivity contribution in [3.05, 3.63) is 17.0 Å². The van der Waals surface area contributed by atoms with E-state index in [-0.39, 0.29) is 0 Å². The number of rotatable bonds is 5. The first-order valence-electron chi connectivity index (χ1n) is 5.74. The summed E-state index contributed by atoms with van der Waals surface area (Å²) in [6.45, 7) is 0.321. The van der Waals surface area contributed by atoms with Gasteiger partial charge in [-0.05, 0) is 35.0 Å². The zero-order valence-corrected chi connectivity index (χ0v) is 11.7. The average molecular weight is 299 g/mol. The van der Waals surface area contributed by atoms with E-state index in [0.717, 1.165) is 18.0 Å². The molecule has 1 aliphatic rings. The van der Waals surface area contributed by atoms with E-state index in [1.54, 1.807) is 13.2 Å². The van der Waals surface area contributed by atoms with Crippen molar-refractivity contribution in [3.63, 3.8) is 0 Å². The standard InChI is InChI=1S/C10H11ClN6OS/c1-18-5-8-12-7(11)4-9(13-8)19-10-14-15-16-17(10)6-2-3-6/h4,6H,2-3,5H2,1H3. The number of tetrazole rings is 1. The van der Waals surface area contributed by atoms with Crippen LogP contribution in [0.25, 0.3) is 0 Å². The van der Waals surface area contributed by atoms with Crippen LogP contribution in [0.2, 0.25) is 5.15 Å². The van der Waals surface area contributed by atoms with Crippen molar-refractivity contribution in [2.45, 2.75) is 35.7 Å². The van der Waals surface area contributed by atoms with Crippen LogP contribution in [0.3, 0.4) is 0 Å². The quantitative estimate of drug-likeness (QED) is 0.778. The molecule has 2 heterocycles. The first-order chi connectivity index (χ1) is 9.26. The van der Waals surface area contributed by atoms with Crippen molar-refractivity contribution in [1.29, 1.82) is 0 Å². The van der Waals surface area contributed by atoms with Crippen LogP contribution >= 0.6 is 23.4 Å². The fourth-order valence-electron chi connectivity index (χ4n) is 1.58. The summed E-state index contributed by atoms with van der Waals surface area (Å²) in [7, 11) is 1.59. The Morgan fingerprint density at radius 2 is 2.32 bits per heavy atom. The molecular weight excluding hydrogens is 288 g/mol. The Bertz CT molecular complexity index is 587. The van der Waals surface area contributed by atoms with Crippen LogP contribution in [-0.4, -0.2) is 37.3 Å². The van der Waals surface area contributed by atoms with Crippen molar-refractivity contribution in [2.24, 2.45) is 0 Å². The molecule has 1 saturated carbocycles. The zero-order chi connectivity index (χ0) is 13.2. The first-order valence-corrected chi connectivity index (χ1v) is 6.94. The van der Waals surface area contributed by atoms with Crippen LogP contribution in [0.4, 0.5) is 0 Å². The highest BCUT2D eigenvalue weighted by Crippen LogP contribution is 2.37. The molecule has 0 N–H and O–H groups in total. The van der Waals surface area contributed by atoms with Crippen LogP contribution in [-0.2, 0) is 11.3 Å². The van der Waals surface area contributed by atoms with E-state index >= 15 is 0 Å². The average Bonchev–Trinajstić information content (AvgIpc) is 3.10. The van der Waals surface area contributed by atoms with Gasteiger partial charge >= 0.3 is 0 Å². The molecule has 0 aromatic carbocycles. The summed E-state index contributed by atoms with van der Waals surface area (Å²) >= 11 is 7.34. The maximum Gasteiger partial charge on any atom is 0.215 e. The van der Waals surface area contributed by atoms with Gasteiger partial charge in [0.05, 0.1) is 6.04 Å². The lowest BCUT2D eigenvalue weighted by molar-refractivity contribution is 0.177. The second kappa shape index (κ2) is 5.40. The Morgan fingerprint density at radius 3 is 3.05 bits per heavy atom. The third-order valence-electron chi connectivity index (χ3n) is 2.54. The molecule has 2 aromatic rings. The number of ether oxygens (including phenoxy) is 1. The maximum atomic E-state index is 5.96. The minimum Gasteiger partial charge on any atom is -0.377 e. The molecular formula is C10H11ClN6OS. The molecule has 100 valence electrons. The number of hydrogen-bond acceptors (Lipinski definition) is 7. The molecule has 0 bridgehead atoms. The largest absolute Gasteiger partial charge is 0.377 e. The summed E-state index contributed by atoms with van der Waals surface area (Å²) in [5, 5.41) is 13.5. The first kappa shape index (κ1) is 12.8. The maximum absolute atomic E-state index is 5.96. The molecule has 7 nitrogen and oxygen atoms in total. The lowest BCUT2D eigenvalue weighted by Crippen LogP contribution is -2.01. The fraction of sp³-hybridized carbons (Fsp3) is 0.500. The van der Waals surface area contributed by atoms with Crippen molar-refractivity contribution < 1.29 is 4.74 Å². The predicted molar refractivity (Wildman–Crippen MR) is 68.0 cm³/mol. The van der Waals surface area contributed by atoms with Crippen LogP contribution in [0.15, 0.2) is 16.2 Å². The van der Waals surface area contributed by atoms with Gasteiger partial charge in [-0.15, -0.1) is 5.10 Å². The zero-order valence-electron chi connectivity index (χ0n) is 10.2. The van der Waals surface area contributed by atoms with Gasteiger partial charge in [0.2, 0.25) is 5.16 Å². The summed E-state index contributed by atoms with van der Waals surface area (Å²) in [5.74, 6) is 0.544. The number of nitrogens with zero attached hydrogens (tertiary/aromatic N) is 6. The molecule has 0 aliphatic heterocycles. The van der Waals surface area contributed by atoms with Gasteiger partial charge < -0.3 is 4.74 Å². The normalized spacial score (nSPS) is 14.8. The van der Waals surface area contributed by atoms with E-state index in [0.29, 0.717) is 28.7 Å². The summed E-state index contributed by atoms with van der Waals surface area (Å²) in [5.41, 5.74) is 0. The molecule has 1 aliphatic carbocycles. The van der Waals surface area contributed by atoms with Crippen LogP contribution in [0.5, 0.6) is 0 Å². The highest BCUT2D eigenvalue weighted by atomic mass is 35.5. The molecule has 0 saturated heterocycles. The van der Waals surface area contributed by atoms with Gasteiger partial charge in [-0.25, -0.2) is 14.6 Å². The number of hydrogen-bond donors (Lipinski definition) is 0. The Hall–Kier alpha value is -1.25. The highest BCUT2D eigenvalue weighted by molar-refractivity contribution is 7.99. The second-order valence-corrected chi connectivity index (χ2v) is 5.49. The van der Waals surface area contributed by atoms with Gasteiger partial charge in [-0.2, -0.15) is 0 Å². The molecule has 3 rings (SSSR count). The minimum absolute atomic E-state index is 0.321. The molecule has 2 aromatic heterocycles. The third-order valence-corrected chi connectivity index (χ3v) is 3.61. The molecule has 9 heteroatoms. The Kier molecular flexibility index (Phi) is 3.63. The topological polar surface area (TPSA) is 78.6 Å². The van der Waals surface area contributed by atoms with Crippen molar-refractivity contribution >= 4 is 23.4 Å². The van der Waals surface area contributed by atoms with Crippen LogP contribution in [0.1, 0.15) is 24.7 Å². The van der Waals surface area contributed by atoms with Crippen molar-refractivity contribution in [1.82, 2.24) is 30.2 Å². The van der Waals surface area contributed by atoms with E-state index in [9.17, 15) is 0 Å². The Morgan fingerprint density at radius 1 is 1.47 bits per heavy atom. The Labute approximate surface area is 118 Å². The molecule has 19 heavy (non-hydrogen) atoms. The highest BCUT2D eigenvalue weighted by Gasteiger charge is 2.28. The van der Waals surface area contributed by atoms with Gasteiger partial charge in [-0.1, -0.05) is 11.6 Å². The molecule has 0 unspecified atom stereocenters. The van der Waals surface area contributed by atoms with Gasteiger partial charge in [0.25, 0.3) is 0 Å². The fourth-order valence-corrected chi connectivity index (χ4v) is 2.71. The molecule has 0 amide bonds. The molecule has 0 radical (unpaired) electrons. The number of aromatic nitrogens is 6. The second-order valence-electron chi connectivity index (χ2n) is 4.12. The van der Waals surface area contributed by atoms with E-state index in [4.69, 9.17) is 16.3 Å². The summed E-state index contributed by atoms with van der Waals surface area (Å²) < 4.78 is 6.84. The van der Waals surface area contributed by atoms with E-state index < -0.39 is 0 Å². The number of halogens is 1. The molecule has 0 atom stereocenters. The predicted octanol–water partition coefficient (Wildman–Crippen LogP) is 1.75. The van der Waals surface area contributed by atoms with Gasteiger partial charge in [0.1, 0.15) is 16.8 Å². The summed E-state index contributed by atoms with van der Waals surface area (Å²) in [4.78, 5) is 8.43. The van der Waals surface area contributed by atoms with Crippen LogP contribution < -0.4 is 0 Å². The minimum atomic E-state index is 0.321. The lowest BCUT2D eigenvalue weighted by Gasteiger charge is -2.04. The van der Waals surface area contributed by atoms with E-state index in [1.807, 2.05) is 4.68 Å².